The highest BCUT2D eigenvalue weighted by atomic mass is 16.6. The molecule has 1 aromatic heterocycles. The van der Waals surface area contributed by atoms with Crippen LogP contribution < -0.4 is 4.90 Å². The third kappa shape index (κ3) is 3.23. The molecule has 2 rings (SSSR count). The molecule has 1 fully saturated rings. The van der Waals surface area contributed by atoms with Gasteiger partial charge < -0.3 is 9.64 Å². The number of esters is 1. The normalized spacial score (nSPS) is 17.6. The van der Waals surface area contributed by atoms with Gasteiger partial charge in [-0.05, 0) is 13.0 Å². The van der Waals surface area contributed by atoms with Crippen molar-refractivity contribution in [1.29, 1.82) is 0 Å². The van der Waals surface area contributed by atoms with Crippen LogP contribution in [0, 0.1) is 10.1 Å². The highest BCUT2D eigenvalue weighted by Crippen LogP contribution is 2.28. The van der Waals surface area contributed by atoms with Crippen LogP contribution in [-0.2, 0) is 9.53 Å². The van der Waals surface area contributed by atoms with Gasteiger partial charge >= 0.3 is 5.97 Å². The number of aromatic nitrogens is 1. The molecule has 0 radical (unpaired) electrons. The van der Waals surface area contributed by atoms with Gasteiger partial charge in [0.15, 0.2) is 0 Å². The number of ether oxygens (including phenoxy) is 1. The molecule has 1 aromatic rings. The van der Waals surface area contributed by atoms with E-state index in [9.17, 15) is 14.9 Å². The van der Waals surface area contributed by atoms with E-state index in [1.165, 1.54) is 19.2 Å². The van der Waals surface area contributed by atoms with E-state index in [0.29, 0.717) is 31.7 Å². The number of piperidine rings is 1. The molecule has 0 saturated carbocycles. The number of hydrogen-bond acceptors (Lipinski definition) is 6. The molecule has 0 spiro atoms. The monoisotopic (exact) mass is 279 g/mol. The molecule has 0 amide bonds. The van der Waals surface area contributed by atoms with E-state index >= 15 is 0 Å². The van der Waals surface area contributed by atoms with Crippen molar-refractivity contribution in [2.75, 3.05) is 18.0 Å². The van der Waals surface area contributed by atoms with E-state index in [4.69, 9.17) is 4.74 Å². The van der Waals surface area contributed by atoms with Crippen molar-refractivity contribution in [3.8, 4) is 0 Å². The van der Waals surface area contributed by atoms with E-state index in [1.807, 2.05) is 11.8 Å². The summed E-state index contributed by atoms with van der Waals surface area (Å²) in [5, 5.41) is 10.6. The Morgan fingerprint density at radius 2 is 2.10 bits per heavy atom. The van der Waals surface area contributed by atoms with Crippen molar-refractivity contribution >= 4 is 17.5 Å². The van der Waals surface area contributed by atoms with Crippen LogP contribution in [0.5, 0.6) is 0 Å². The maximum absolute atomic E-state index is 11.1. The molecule has 0 bridgehead atoms. The predicted octanol–water partition coefficient (Wildman–Crippen LogP) is 1.91. The SMILES string of the molecule is CC(=O)OC1(C)CCN(c2ccc([N+](=O)[O-])cn2)CC1. The van der Waals surface area contributed by atoms with Crippen LogP contribution in [0.1, 0.15) is 26.7 Å². The molecule has 0 N–H and O–H groups in total. The summed E-state index contributed by atoms with van der Waals surface area (Å²) in [6.07, 6.45) is 2.69. The van der Waals surface area contributed by atoms with E-state index in [1.54, 1.807) is 6.07 Å². The lowest BCUT2D eigenvalue weighted by molar-refractivity contribution is -0.385. The molecule has 0 atom stereocenters. The number of carbonyl (C=O) groups is 1. The van der Waals surface area contributed by atoms with Gasteiger partial charge in [0.05, 0.1) is 4.92 Å². The molecule has 0 aromatic carbocycles. The smallest absolute Gasteiger partial charge is 0.303 e. The summed E-state index contributed by atoms with van der Waals surface area (Å²) in [5.74, 6) is 0.440. The average molecular weight is 279 g/mol. The van der Waals surface area contributed by atoms with Crippen LogP contribution in [0.4, 0.5) is 11.5 Å². The molecule has 1 aliphatic rings. The molecule has 0 unspecified atom stereocenters. The minimum Gasteiger partial charge on any atom is -0.459 e. The lowest BCUT2D eigenvalue weighted by Crippen LogP contribution is -2.45. The first-order chi connectivity index (χ1) is 9.39. The summed E-state index contributed by atoms with van der Waals surface area (Å²) >= 11 is 0. The maximum atomic E-state index is 11.1. The van der Waals surface area contributed by atoms with E-state index < -0.39 is 10.5 Å². The van der Waals surface area contributed by atoms with Crippen molar-refractivity contribution < 1.29 is 14.5 Å². The standard InChI is InChI=1S/C13H17N3O4/c1-10(17)20-13(2)5-7-15(8-6-13)12-4-3-11(9-14-12)16(18)19/h3-4,9H,5-8H2,1-2H3. The predicted molar refractivity (Wildman–Crippen MR) is 72.5 cm³/mol. The van der Waals surface area contributed by atoms with Gasteiger partial charge in [0, 0.05) is 38.9 Å². The second-order valence-corrected chi connectivity index (χ2v) is 5.16. The third-order valence-corrected chi connectivity index (χ3v) is 3.48. The van der Waals surface area contributed by atoms with Gasteiger partial charge in [-0.25, -0.2) is 4.98 Å². The number of carbonyl (C=O) groups excluding carboxylic acids is 1. The van der Waals surface area contributed by atoms with Crippen LogP contribution in [0.15, 0.2) is 18.3 Å². The molecule has 7 nitrogen and oxygen atoms in total. The van der Waals surface area contributed by atoms with Gasteiger partial charge in [0.1, 0.15) is 17.6 Å². The summed E-state index contributed by atoms with van der Waals surface area (Å²) in [6, 6.07) is 3.09. The number of hydrogen-bond donors (Lipinski definition) is 0. The van der Waals surface area contributed by atoms with Crippen molar-refractivity contribution in [1.82, 2.24) is 4.98 Å². The first-order valence-corrected chi connectivity index (χ1v) is 6.45. The minimum atomic E-state index is -0.468. The van der Waals surface area contributed by atoms with Crippen LogP contribution in [0.2, 0.25) is 0 Å². The quantitative estimate of drug-likeness (QED) is 0.477. The van der Waals surface area contributed by atoms with Crippen molar-refractivity contribution in [2.45, 2.75) is 32.3 Å². The Labute approximate surface area is 116 Å². The third-order valence-electron chi connectivity index (χ3n) is 3.48. The minimum absolute atomic E-state index is 0.0180. The highest BCUT2D eigenvalue weighted by Gasteiger charge is 2.33. The summed E-state index contributed by atoms with van der Waals surface area (Å²) in [6.45, 7) is 4.74. The topological polar surface area (TPSA) is 85.6 Å². The fourth-order valence-electron chi connectivity index (χ4n) is 2.33. The van der Waals surface area contributed by atoms with Crippen molar-refractivity contribution in [3.63, 3.8) is 0 Å². The average Bonchev–Trinajstić information content (AvgIpc) is 2.38. The zero-order valence-corrected chi connectivity index (χ0v) is 11.5. The van der Waals surface area contributed by atoms with Crippen LogP contribution in [-0.4, -0.2) is 34.6 Å². The van der Waals surface area contributed by atoms with E-state index in [0.717, 1.165) is 0 Å². The van der Waals surface area contributed by atoms with Crippen LogP contribution in [0.25, 0.3) is 0 Å². The molecular weight excluding hydrogens is 262 g/mol. The molecule has 7 heteroatoms. The summed E-state index contributed by atoms with van der Waals surface area (Å²) in [4.78, 5) is 27.3. The molecule has 1 aliphatic heterocycles. The number of rotatable bonds is 3. The Morgan fingerprint density at radius 3 is 2.55 bits per heavy atom. The molecule has 108 valence electrons. The van der Waals surface area contributed by atoms with Crippen LogP contribution in [0.3, 0.4) is 0 Å². The van der Waals surface area contributed by atoms with Gasteiger partial charge in [0.25, 0.3) is 5.69 Å². The lowest BCUT2D eigenvalue weighted by Gasteiger charge is -2.39. The Bertz CT molecular complexity index is 507. The lowest BCUT2D eigenvalue weighted by atomic mass is 9.93. The summed E-state index contributed by atoms with van der Waals surface area (Å²) in [5.41, 5.74) is -0.446. The van der Waals surface area contributed by atoms with Gasteiger partial charge in [-0.3, -0.25) is 14.9 Å². The Hall–Kier alpha value is -2.18. The van der Waals surface area contributed by atoms with E-state index in [-0.39, 0.29) is 11.7 Å². The zero-order valence-electron chi connectivity index (χ0n) is 11.5. The number of anilines is 1. The van der Waals surface area contributed by atoms with Gasteiger partial charge in [-0.15, -0.1) is 0 Å². The number of pyridine rings is 1. The molecule has 2 heterocycles. The van der Waals surface area contributed by atoms with E-state index in [2.05, 4.69) is 4.98 Å². The maximum Gasteiger partial charge on any atom is 0.303 e. The fraction of sp³-hybridized carbons (Fsp3) is 0.538. The van der Waals surface area contributed by atoms with Crippen LogP contribution >= 0.6 is 0 Å². The zero-order chi connectivity index (χ0) is 14.8. The molecule has 0 aliphatic carbocycles. The van der Waals surface area contributed by atoms with Crippen molar-refractivity contribution in [2.24, 2.45) is 0 Å². The number of nitrogens with zero attached hydrogens (tertiary/aromatic N) is 3. The molecule has 20 heavy (non-hydrogen) atoms. The molecular formula is C13H17N3O4. The largest absolute Gasteiger partial charge is 0.459 e. The first-order valence-electron chi connectivity index (χ1n) is 6.45. The second-order valence-electron chi connectivity index (χ2n) is 5.16. The summed E-state index contributed by atoms with van der Waals surface area (Å²) in [7, 11) is 0. The number of nitro groups is 1. The Kier molecular flexibility index (Phi) is 3.87. The highest BCUT2D eigenvalue weighted by molar-refractivity contribution is 5.66. The summed E-state index contributed by atoms with van der Waals surface area (Å²) < 4.78 is 5.34. The van der Waals surface area contributed by atoms with Crippen molar-refractivity contribution in [3.05, 3.63) is 28.4 Å². The fourth-order valence-corrected chi connectivity index (χ4v) is 2.33. The first kappa shape index (κ1) is 14.2. The molecule has 1 saturated heterocycles. The Balaban J connectivity index is 2.00. The van der Waals surface area contributed by atoms with Gasteiger partial charge in [0.2, 0.25) is 0 Å². The second kappa shape index (κ2) is 5.44. The van der Waals surface area contributed by atoms with Gasteiger partial charge in [-0.2, -0.15) is 0 Å². The Morgan fingerprint density at radius 1 is 1.45 bits per heavy atom. The van der Waals surface area contributed by atoms with Gasteiger partial charge in [-0.1, -0.05) is 0 Å².